The highest BCUT2D eigenvalue weighted by atomic mass is 16.5. The minimum Gasteiger partial charge on any atom is -0.495 e. The first kappa shape index (κ1) is 11.9. The van der Waals surface area contributed by atoms with E-state index in [1.165, 1.54) is 0 Å². The number of nitrogens with one attached hydrogen (secondary N) is 2. The first-order chi connectivity index (χ1) is 8.22. The lowest BCUT2D eigenvalue weighted by Gasteiger charge is -2.15. The average Bonchev–Trinajstić information content (AvgIpc) is 2.76. The minimum atomic E-state index is 0.0416. The molecule has 1 aliphatic rings. The Balaban J connectivity index is 2.07. The fraction of sp³-hybridized carbons (Fsp3) is 0.462. The third-order valence-corrected chi connectivity index (χ3v) is 3.22. The molecule has 0 saturated carbocycles. The van der Waals surface area contributed by atoms with Gasteiger partial charge in [-0.15, -0.1) is 0 Å². The molecular formula is C13H18N2O2. The number of para-hydroxylation sites is 2. The van der Waals surface area contributed by atoms with Crippen LogP contribution in [-0.4, -0.2) is 26.1 Å². The van der Waals surface area contributed by atoms with Crippen molar-refractivity contribution in [3.63, 3.8) is 0 Å². The highest BCUT2D eigenvalue weighted by Crippen LogP contribution is 2.25. The second-order valence-electron chi connectivity index (χ2n) is 4.43. The van der Waals surface area contributed by atoms with Gasteiger partial charge in [-0.3, -0.25) is 4.79 Å². The van der Waals surface area contributed by atoms with Crippen LogP contribution in [0.1, 0.15) is 6.92 Å². The molecule has 0 aliphatic carbocycles. The highest BCUT2D eigenvalue weighted by Gasteiger charge is 2.29. The minimum absolute atomic E-state index is 0.0416. The molecule has 4 heteroatoms. The van der Waals surface area contributed by atoms with Gasteiger partial charge in [0.1, 0.15) is 5.75 Å². The number of carbonyl (C=O) groups is 1. The Kier molecular flexibility index (Phi) is 3.64. The summed E-state index contributed by atoms with van der Waals surface area (Å²) in [5, 5.41) is 6.16. The molecule has 0 radical (unpaired) electrons. The number of hydrogen-bond donors (Lipinski definition) is 2. The molecule has 2 unspecified atom stereocenters. The van der Waals surface area contributed by atoms with Crippen LogP contribution < -0.4 is 15.4 Å². The van der Waals surface area contributed by atoms with E-state index < -0.39 is 0 Å². The lowest BCUT2D eigenvalue weighted by atomic mass is 9.97. The van der Waals surface area contributed by atoms with Gasteiger partial charge in [0.05, 0.1) is 18.7 Å². The second-order valence-corrected chi connectivity index (χ2v) is 4.43. The van der Waals surface area contributed by atoms with Gasteiger partial charge in [0.15, 0.2) is 0 Å². The van der Waals surface area contributed by atoms with Crippen LogP contribution >= 0.6 is 0 Å². The molecule has 1 heterocycles. The van der Waals surface area contributed by atoms with Crippen molar-refractivity contribution in [3.8, 4) is 5.75 Å². The van der Waals surface area contributed by atoms with Gasteiger partial charge in [-0.25, -0.2) is 0 Å². The maximum absolute atomic E-state index is 12.1. The van der Waals surface area contributed by atoms with Crippen LogP contribution in [0.2, 0.25) is 0 Å². The zero-order valence-corrected chi connectivity index (χ0v) is 10.2. The topological polar surface area (TPSA) is 50.4 Å². The van der Waals surface area contributed by atoms with Gasteiger partial charge >= 0.3 is 0 Å². The van der Waals surface area contributed by atoms with Crippen molar-refractivity contribution in [1.29, 1.82) is 0 Å². The summed E-state index contributed by atoms with van der Waals surface area (Å²) < 4.78 is 5.21. The zero-order chi connectivity index (χ0) is 12.3. The zero-order valence-electron chi connectivity index (χ0n) is 10.2. The third-order valence-electron chi connectivity index (χ3n) is 3.22. The largest absolute Gasteiger partial charge is 0.495 e. The molecule has 2 rings (SSSR count). The fourth-order valence-corrected chi connectivity index (χ4v) is 2.13. The number of methoxy groups -OCH3 is 1. The van der Waals surface area contributed by atoms with Gasteiger partial charge in [-0.1, -0.05) is 19.1 Å². The Morgan fingerprint density at radius 2 is 2.18 bits per heavy atom. The molecule has 0 spiro atoms. The first-order valence-electron chi connectivity index (χ1n) is 5.87. The Morgan fingerprint density at radius 3 is 2.82 bits per heavy atom. The predicted molar refractivity (Wildman–Crippen MR) is 67.1 cm³/mol. The quantitative estimate of drug-likeness (QED) is 0.833. The molecule has 1 aliphatic heterocycles. The number of rotatable bonds is 3. The van der Waals surface area contributed by atoms with Crippen LogP contribution in [0.3, 0.4) is 0 Å². The SMILES string of the molecule is COc1ccccc1NC(=O)C1CNCC1C. The molecule has 1 aromatic carbocycles. The molecule has 2 N–H and O–H groups in total. The van der Waals surface area contributed by atoms with Crippen molar-refractivity contribution in [3.05, 3.63) is 24.3 Å². The molecule has 1 aromatic rings. The van der Waals surface area contributed by atoms with Gasteiger partial charge in [0.2, 0.25) is 5.91 Å². The Bertz CT molecular complexity index is 406. The third kappa shape index (κ3) is 2.58. The molecule has 0 aromatic heterocycles. The monoisotopic (exact) mass is 234 g/mol. The summed E-state index contributed by atoms with van der Waals surface area (Å²) in [4.78, 5) is 12.1. The number of anilines is 1. The molecule has 92 valence electrons. The van der Waals surface area contributed by atoms with Crippen LogP contribution in [-0.2, 0) is 4.79 Å². The fourth-order valence-electron chi connectivity index (χ4n) is 2.13. The highest BCUT2D eigenvalue weighted by molar-refractivity contribution is 5.94. The summed E-state index contributed by atoms with van der Waals surface area (Å²) in [6, 6.07) is 7.46. The summed E-state index contributed by atoms with van der Waals surface area (Å²) in [7, 11) is 1.60. The Labute approximate surface area is 101 Å². The van der Waals surface area contributed by atoms with E-state index in [1.807, 2.05) is 24.3 Å². The number of benzene rings is 1. The Hall–Kier alpha value is -1.55. The summed E-state index contributed by atoms with van der Waals surface area (Å²) in [6.07, 6.45) is 0. The maximum atomic E-state index is 12.1. The van der Waals surface area contributed by atoms with E-state index in [-0.39, 0.29) is 11.8 Å². The van der Waals surface area contributed by atoms with E-state index in [0.717, 1.165) is 18.8 Å². The van der Waals surface area contributed by atoms with Crippen molar-refractivity contribution >= 4 is 11.6 Å². The van der Waals surface area contributed by atoms with Gasteiger partial charge in [0, 0.05) is 6.54 Å². The second kappa shape index (κ2) is 5.19. The average molecular weight is 234 g/mol. The van der Waals surface area contributed by atoms with Crippen molar-refractivity contribution < 1.29 is 9.53 Å². The molecule has 1 amide bonds. The van der Waals surface area contributed by atoms with E-state index in [2.05, 4.69) is 17.6 Å². The predicted octanol–water partition coefficient (Wildman–Crippen LogP) is 1.49. The number of carbonyl (C=O) groups excluding carboxylic acids is 1. The number of ether oxygens (including phenoxy) is 1. The van der Waals surface area contributed by atoms with Crippen LogP contribution in [0.4, 0.5) is 5.69 Å². The lowest BCUT2D eigenvalue weighted by Crippen LogP contribution is -2.27. The van der Waals surface area contributed by atoms with E-state index in [4.69, 9.17) is 4.74 Å². The Morgan fingerprint density at radius 1 is 1.41 bits per heavy atom. The maximum Gasteiger partial charge on any atom is 0.229 e. The van der Waals surface area contributed by atoms with Gasteiger partial charge in [0.25, 0.3) is 0 Å². The van der Waals surface area contributed by atoms with Crippen LogP contribution in [0, 0.1) is 11.8 Å². The summed E-state index contributed by atoms with van der Waals surface area (Å²) in [5.74, 6) is 1.18. The van der Waals surface area contributed by atoms with Gasteiger partial charge < -0.3 is 15.4 Å². The normalized spacial score (nSPS) is 23.4. The summed E-state index contributed by atoms with van der Waals surface area (Å²) in [5.41, 5.74) is 0.735. The van der Waals surface area contributed by atoms with E-state index in [9.17, 15) is 4.79 Å². The number of hydrogen-bond acceptors (Lipinski definition) is 3. The lowest BCUT2D eigenvalue weighted by molar-refractivity contribution is -0.120. The van der Waals surface area contributed by atoms with Gasteiger partial charge in [-0.2, -0.15) is 0 Å². The molecule has 4 nitrogen and oxygen atoms in total. The van der Waals surface area contributed by atoms with Crippen LogP contribution in [0.25, 0.3) is 0 Å². The number of amides is 1. The van der Waals surface area contributed by atoms with E-state index in [0.29, 0.717) is 11.7 Å². The van der Waals surface area contributed by atoms with Crippen molar-refractivity contribution in [1.82, 2.24) is 5.32 Å². The van der Waals surface area contributed by atoms with Crippen molar-refractivity contribution in [2.24, 2.45) is 11.8 Å². The molecule has 0 bridgehead atoms. The molecular weight excluding hydrogens is 216 g/mol. The summed E-state index contributed by atoms with van der Waals surface area (Å²) in [6.45, 7) is 3.75. The van der Waals surface area contributed by atoms with Crippen LogP contribution in [0.5, 0.6) is 5.75 Å². The van der Waals surface area contributed by atoms with Crippen molar-refractivity contribution in [2.75, 3.05) is 25.5 Å². The molecule has 1 fully saturated rings. The van der Waals surface area contributed by atoms with Gasteiger partial charge in [-0.05, 0) is 24.6 Å². The van der Waals surface area contributed by atoms with E-state index in [1.54, 1.807) is 7.11 Å². The molecule has 17 heavy (non-hydrogen) atoms. The first-order valence-corrected chi connectivity index (χ1v) is 5.87. The van der Waals surface area contributed by atoms with Crippen molar-refractivity contribution in [2.45, 2.75) is 6.92 Å². The van der Waals surface area contributed by atoms with E-state index >= 15 is 0 Å². The summed E-state index contributed by atoms with van der Waals surface area (Å²) >= 11 is 0. The smallest absolute Gasteiger partial charge is 0.229 e. The standard InChI is InChI=1S/C13H18N2O2/c1-9-7-14-8-10(9)13(16)15-11-5-3-4-6-12(11)17-2/h3-6,9-10,14H,7-8H2,1-2H3,(H,15,16). The molecule has 1 saturated heterocycles. The molecule has 2 atom stereocenters. The van der Waals surface area contributed by atoms with Crippen LogP contribution in [0.15, 0.2) is 24.3 Å².